The summed E-state index contributed by atoms with van der Waals surface area (Å²) in [6.45, 7) is 1.25. The van der Waals surface area contributed by atoms with E-state index in [0.29, 0.717) is 0 Å². The molecule has 0 amide bonds. The molecule has 0 spiro atoms. The summed E-state index contributed by atoms with van der Waals surface area (Å²) in [6.07, 6.45) is 11.3. The summed E-state index contributed by atoms with van der Waals surface area (Å²) in [5.41, 5.74) is 0. The SMILES string of the molecule is ClCC1CCCCC1NCC1CCCC1. The summed E-state index contributed by atoms with van der Waals surface area (Å²) < 4.78 is 0. The van der Waals surface area contributed by atoms with Crippen molar-refractivity contribution in [2.24, 2.45) is 11.8 Å². The van der Waals surface area contributed by atoms with Crippen LogP contribution in [0, 0.1) is 11.8 Å². The lowest BCUT2D eigenvalue weighted by atomic mass is 9.85. The van der Waals surface area contributed by atoms with Crippen molar-refractivity contribution in [3.8, 4) is 0 Å². The molecule has 2 rings (SSSR count). The molecule has 2 aliphatic carbocycles. The van der Waals surface area contributed by atoms with E-state index in [2.05, 4.69) is 5.32 Å². The third kappa shape index (κ3) is 3.35. The Bertz CT molecular complexity index is 177. The highest BCUT2D eigenvalue weighted by atomic mass is 35.5. The van der Waals surface area contributed by atoms with Gasteiger partial charge in [0.15, 0.2) is 0 Å². The van der Waals surface area contributed by atoms with Gasteiger partial charge in [0.1, 0.15) is 0 Å². The van der Waals surface area contributed by atoms with Gasteiger partial charge < -0.3 is 5.32 Å². The second-order valence-corrected chi connectivity index (χ2v) is 5.67. The molecule has 0 aromatic carbocycles. The van der Waals surface area contributed by atoms with E-state index < -0.39 is 0 Å². The molecule has 0 radical (unpaired) electrons. The summed E-state index contributed by atoms with van der Waals surface area (Å²) in [4.78, 5) is 0. The molecule has 15 heavy (non-hydrogen) atoms. The Hall–Kier alpha value is 0.250. The molecule has 2 fully saturated rings. The molecule has 1 N–H and O–H groups in total. The van der Waals surface area contributed by atoms with Gasteiger partial charge in [0.2, 0.25) is 0 Å². The maximum atomic E-state index is 6.03. The molecule has 0 aromatic rings. The third-order valence-corrected chi connectivity index (χ3v) is 4.65. The summed E-state index contributed by atoms with van der Waals surface area (Å²) >= 11 is 6.03. The molecule has 0 heterocycles. The van der Waals surface area contributed by atoms with Gasteiger partial charge in [0, 0.05) is 11.9 Å². The van der Waals surface area contributed by atoms with E-state index >= 15 is 0 Å². The van der Waals surface area contributed by atoms with E-state index in [1.807, 2.05) is 0 Å². The minimum Gasteiger partial charge on any atom is -0.313 e. The highest BCUT2D eigenvalue weighted by Gasteiger charge is 2.25. The molecule has 88 valence electrons. The van der Waals surface area contributed by atoms with Crippen molar-refractivity contribution >= 4 is 11.6 Å². The summed E-state index contributed by atoms with van der Waals surface area (Å²) in [7, 11) is 0. The molecule has 2 unspecified atom stereocenters. The Morgan fingerprint density at radius 3 is 2.33 bits per heavy atom. The monoisotopic (exact) mass is 229 g/mol. The first kappa shape index (κ1) is 11.7. The number of nitrogens with one attached hydrogen (secondary N) is 1. The molecule has 0 bridgehead atoms. The Morgan fingerprint density at radius 2 is 1.60 bits per heavy atom. The molecule has 2 saturated carbocycles. The van der Waals surface area contributed by atoms with Gasteiger partial charge in [-0.05, 0) is 44.1 Å². The highest BCUT2D eigenvalue weighted by Crippen LogP contribution is 2.27. The van der Waals surface area contributed by atoms with Crippen molar-refractivity contribution in [3.63, 3.8) is 0 Å². The van der Waals surface area contributed by atoms with Crippen LogP contribution in [0.15, 0.2) is 0 Å². The fourth-order valence-electron chi connectivity index (χ4n) is 3.19. The predicted octanol–water partition coefficient (Wildman–Crippen LogP) is 3.56. The van der Waals surface area contributed by atoms with Crippen molar-refractivity contribution in [2.75, 3.05) is 12.4 Å². The van der Waals surface area contributed by atoms with E-state index in [1.165, 1.54) is 57.9 Å². The highest BCUT2D eigenvalue weighted by molar-refractivity contribution is 6.18. The topological polar surface area (TPSA) is 12.0 Å². The Labute approximate surface area is 99.0 Å². The Kier molecular flexibility index (Phi) is 4.77. The van der Waals surface area contributed by atoms with Crippen LogP contribution >= 0.6 is 11.6 Å². The van der Waals surface area contributed by atoms with Crippen molar-refractivity contribution in [1.29, 1.82) is 0 Å². The van der Waals surface area contributed by atoms with Crippen molar-refractivity contribution < 1.29 is 0 Å². The smallest absolute Gasteiger partial charge is 0.0266 e. The van der Waals surface area contributed by atoms with E-state index in [1.54, 1.807) is 0 Å². The summed E-state index contributed by atoms with van der Waals surface area (Å²) in [6, 6.07) is 0.719. The van der Waals surface area contributed by atoms with E-state index in [0.717, 1.165) is 23.8 Å². The van der Waals surface area contributed by atoms with Crippen LogP contribution < -0.4 is 5.32 Å². The standard InChI is InChI=1S/C13H24ClN/c14-9-12-7-3-4-8-13(12)15-10-11-5-1-2-6-11/h11-13,15H,1-10H2. The third-order valence-electron chi connectivity index (χ3n) is 4.25. The minimum absolute atomic E-state index is 0.719. The van der Waals surface area contributed by atoms with Crippen LogP contribution in [0.2, 0.25) is 0 Å². The van der Waals surface area contributed by atoms with Gasteiger partial charge in [-0.25, -0.2) is 0 Å². The fourth-order valence-corrected chi connectivity index (χ4v) is 3.56. The molecule has 2 aliphatic rings. The van der Waals surface area contributed by atoms with Gasteiger partial charge in [-0.2, -0.15) is 0 Å². The van der Waals surface area contributed by atoms with Crippen LogP contribution in [-0.4, -0.2) is 18.5 Å². The van der Waals surface area contributed by atoms with Crippen molar-refractivity contribution in [1.82, 2.24) is 5.32 Å². The zero-order chi connectivity index (χ0) is 10.5. The van der Waals surface area contributed by atoms with Crippen molar-refractivity contribution in [3.05, 3.63) is 0 Å². The van der Waals surface area contributed by atoms with E-state index in [-0.39, 0.29) is 0 Å². The molecule has 2 heteroatoms. The van der Waals surface area contributed by atoms with Crippen LogP contribution in [0.25, 0.3) is 0 Å². The van der Waals surface area contributed by atoms with E-state index in [9.17, 15) is 0 Å². The maximum Gasteiger partial charge on any atom is 0.0266 e. The maximum absolute atomic E-state index is 6.03. The lowest BCUT2D eigenvalue weighted by Gasteiger charge is -2.31. The average Bonchev–Trinajstić information content (AvgIpc) is 2.79. The largest absolute Gasteiger partial charge is 0.313 e. The first-order valence-electron chi connectivity index (χ1n) is 6.69. The first-order valence-corrected chi connectivity index (χ1v) is 7.23. The minimum atomic E-state index is 0.719. The second kappa shape index (κ2) is 6.10. The first-order chi connectivity index (χ1) is 7.40. The second-order valence-electron chi connectivity index (χ2n) is 5.36. The molecule has 1 nitrogen and oxygen atoms in total. The van der Waals surface area contributed by atoms with Gasteiger partial charge in [-0.1, -0.05) is 25.7 Å². The molecule has 2 atom stereocenters. The van der Waals surface area contributed by atoms with E-state index in [4.69, 9.17) is 11.6 Å². The lowest BCUT2D eigenvalue weighted by molar-refractivity contribution is 0.271. The van der Waals surface area contributed by atoms with Crippen LogP contribution in [0.1, 0.15) is 51.4 Å². The molecule has 0 aliphatic heterocycles. The number of hydrogen-bond acceptors (Lipinski definition) is 1. The number of rotatable bonds is 4. The van der Waals surface area contributed by atoms with Gasteiger partial charge in [-0.3, -0.25) is 0 Å². The number of hydrogen-bond donors (Lipinski definition) is 1. The zero-order valence-corrected chi connectivity index (χ0v) is 10.4. The predicted molar refractivity (Wildman–Crippen MR) is 66.4 cm³/mol. The number of alkyl halides is 1. The summed E-state index contributed by atoms with van der Waals surface area (Å²) in [5.74, 6) is 2.55. The van der Waals surface area contributed by atoms with Crippen LogP contribution in [0.4, 0.5) is 0 Å². The number of halogens is 1. The molecular formula is C13H24ClN. The Morgan fingerprint density at radius 1 is 0.933 bits per heavy atom. The van der Waals surface area contributed by atoms with Gasteiger partial charge in [0.05, 0.1) is 0 Å². The van der Waals surface area contributed by atoms with Gasteiger partial charge in [0.25, 0.3) is 0 Å². The van der Waals surface area contributed by atoms with Crippen LogP contribution in [0.3, 0.4) is 0 Å². The molecule has 0 aromatic heterocycles. The van der Waals surface area contributed by atoms with Gasteiger partial charge >= 0.3 is 0 Å². The Balaban J connectivity index is 1.71. The van der Waals surface area contributed by atoms with Crippen molar-refractivity contribution in [2.45, 2.75) is 57.4 Å². The fraction of sp³-hybridized carbons (Fsp3) is 1.00. The quantitative estimate of drug-likeness (QED) is 0.727. The van der Waals surface area contributed by atoms with Gasteiger partial charge in [-0.15, -0.1) is 11.6 Å². The normalized spacial score (nSPS) is 33.4. The zero-order valence-electron chi connectivity index (χ0n) is 9.68. The average molecular weight is 230 g/mol. The molecule has 0 saturated heterocycles. The lowest BCUT2D eigenvalue weighted by Crippen LogP contribution is -2.41. The summed E-state index contributed by atoms with van der Waals surface area (Å²) in [5, 5.41) is 3.78. The van der Waals surface area contributed by atoms with Crippen LogP contribution in [0.5, 0.6) is 0 Å². The molecular weight excluding hydrogens is 206 g/mol. The van der Waals surface area contributed by atoms with Crippen LogP contribution in [-0.2, 0) is 0 Å².